The Kier molecular flexibility index (Phi) is 2.79. The number of fused-ring (bicyclic) bond motifs is 1. The molecule has 2 heterocycles. The molecule has 1 aromatic carbocycles. The van der Waals surface area contributed by atoms with Crippen molar-refractivity contribution in [3.05, 3.63) is 42.8 Å². The van der Waals surface area contributed by atoms with Crippen LogP contribution in [0.4, 0.5) is 5.82 Å². The zero-order valence-corrected chi connectivity index (χ0v) is 10.8. The molecule has 0 radical (unpaired) electrons. The molecule has 0 atom stereocenters. The number of nitrogens with one attached hydrogen (secondary N) is 1. The summed E-state index contributed by atoms with van der Waals surface area (Å²) in [6.07, 6.45) is 2.52. The first kappa shape index (κ1) is 12.4. The molecular formula is C12H9N3O4S. The normalized spacial score (nSPS) is 11.6. The minimum absolute atomic E-state index is 0.0221. The van der Waals surface area contributed by atoms with Gasteiger partial charge in [0, 0.05) is 11.5 Å². The van der Waals surface area contributed by atoms with Crippen molar-refractivity contribution in [3.63, 3.8) is 0 Å². The third kappa shape index (κ3) is 2.28. The van der Waals surface area contributed by atoms with Crippen molar-refractivity contribution in [1.29, 1.82) is 0 Å². The van der Waals surface area contributed by atoms with E-state index in [1.54, 1.807) is 6.07 Å². The molecule has 0 bridgehead atoms. The number of rotatable bonds is 3. The maximum absolute atomic E-state index is 12.1. The summed E-state index contributed by atoms with van der Waals surface area (Å²) in [5.74, 6) is 0.123. The van der Waals surface area contributed by atoms with Gasteiger partial charge in [0.15, 0.2) is 5.82 Å². The third-order valence-electron chi connectivity index (χ3n) is 2.63. The fourth-order valence-electron chi connectivity index (χ4n) is 1.72. The molecule has 0 unspecified atom stereocenters. The molecule has 0 aliphatic carbocycles. The fourth-order valence-corrected chi connectivity index (χ4v) is 2.73. The van der Waals surface area contributed by atoms with E-state index in [0.717, 1.165) is 0 Å². The average Bonchev–Trinajstić information content (AvgIpc) is 2.90. The highest BCUT2D eigenvalue weighted by atomic mass is 32.2. The summed E-state index contributed by atoms with van der Waals surface area (Å²) in [6, 6.07) is 7.31. The molecule has 3 aromatic rings. The van der Waals surface area contributed by atoms with Gasteiger partial charge in [0.2, 0.25) is 0 Å². The van der Waals surface area contributed by atoms with Crippen LogP contribution in [0.15, 0.2) is 52.2 Å². The van der Waals surface area contributed by atoms with Crippen LogP contribution >= 0.6 is 0 Å². The van der Waals surface area contributed by atoms with Crippen molar-refractivity contribution < 1.29 is 18.0 Å². The fraction of sp³-hybridized carbons (Fsp3) is 0. The van der Waals surface area contributed by atoms with Crippen LogP contribution in [0.25, 0.3) is 10.9 Å². The van der Waals surface area contributed by atoms with E-state index in [1.807, 2.05) is 0 Å². The first-order chi connectivity index (χ1) is 9.54. The van der Waals surface area contributed by atoms with Crippen LogP contribution in [0.5, 0.6) is 5.75 Å². The van der Waals surface area contributed by atoms with Gasteiger partial charge in [-0.25, -0.2) is 8.42 Å². The Morgan fingerprint density at radius 3 is 2.80 bits per heavy atom. The molecule has 0 spiro atoms. The van der Waals surface area contributed by atoms with Gasteiger partial charge in [0.05, 0.1) is 16.6 Å². The van der Waals surface area contributed by atoms with Gasteiger partial charge in [-0.2, -0.15) is 0 Å². The van der Waals surface area contributed by atoms with Gasteiger partial charge < -0.3 is 9.63 Å². The van der Waals surface area contributed by atoms with E-state index in [1.165, 1.54) is 36.7 Å². The van der Waals surface area contributed by atoms with E-state index in [9.17, 15) is 13.5 Å². The molecule has 7 nitrogen and oxygen atoms in total. The van der Waals surface area contributed by atoms with Gasteiger partial charge >= 0.3 is 0 Å². The standard InChI is InChI=1S/C12H9N3O4S/c16-9-5-8-1-2-10(6-11(8)13-7-9)20(17,18)15-12-3-4-19-14-12/h1-7,16H,(H,14,15). The lowest BCUT2D eigenvalue weighted by Crippen LogP contribution is -2.13. The average molecular weight is 291 g/mol. The van der Waals surface area contributed by atoms with Crippen molar-refractivity contribution in [3.8, 4) is 5.75 Å². The Bertz CT molecular complexity index is 860. The summed E-state index contributed by atoms with van der Waals surface area (Å²) >= 11 is 0. The van der Waals surface area contributed by atoms with Crippen LogP contribution in [0.2, 0.25) is 0 Å². The van der Waals surface area contributed by atoms with Crippen LogP contribution in [-0.4, -0.2) is 23.7 Å². The highest BCUT2D eigenvalue weighted by Crippen LogP contribution is 2.22. The maximum Gasteiger partial charge on any atom is 0.263 e. The van der Waals surface area contributed by atoms with Crippen molar-refractivity contribution >= 4 is 26.7 Å². The van der Waals surface area contributed by atoms with Crippen molar-refractivity contribution in [1.82, 2.24) is 10.1 Å². The van der Waals surface area contributed by atoms with E-state index in [4.69, 9.17) is 0 Å². The molecule has 2 N–H and O–H groups in total. The van der Waals surface area contributed by atoms with Gasteiger partial charge in [-0.05, 0) is 18.2 Å². The molecule has 8 heteroatoms. The van der Waals surface area contributed by atoms with Crippen molar-refractivity contribution in [2.45, 2.75) is 4.90 Å². The Labute approximate surface area is 113 Å². The van der Waals surface area contributed by atoms with E-state index >= 15 is 0 Å². The first-order valence-electron chi connectivity index (χ1n) is 5.56. The SMILES string of the molecule is O=S(=O)(Nc1ccon1)c1ccc2cc(O)cnc2c1. The predicted octanol–water partition coefficient (Wildman–Crippen LogP) is 1.73. The van der Waals surface area contributed by atoms with Gasteiger partial charge in [0.1, 0.15) is 12.0 Å². The predicted molar refractivity (Wildman–Crippen MR) is 70.7 cm³/mol. The van der Waals surface area contributed by atoms with E-state index in [-0.39, 0.29) is 16.5 Å². The molecule has 0 aliphatic heterocycles. The first-order valence-corrected chi connectivity index (χ1v) is 7.05. The second kappa shape index (κ2) is 4.49. The minimum atomic E-state index is -3.76. The number of benzene rings is 1. The Balaban J connectivity index is 2.03. The zero-order valence-electron chi connectivity index (χ0n) is 10.0. The summed E-state index contributed by atoms with van der Waals surface area (Å²) in [7, 11) is -3.76. The van der Waals surface area contributed by atoms with Crippen LogP contribution < -0.4 is 4.72 Å². The van der Waals surface area contributed by atoms with Gasteiger partial charge in [-0.3, -0.25) is 9.71 Å². The van der Waals surface area contributed by atoms with Crippen molar-refractivity contribution in [2.75, 3.05) is 4.72 Å². The summed E-state index contributed by atoms with van der Waals surface area (Å²) < 4.78 is 31.1. The molecule has 2 aromatic heterocycles. The number of aromatic nitrogens is 2. The summed E-state index contributed by atoms with van der Waals surface area (Å²) in [6.45, 7) is 0. The van der Waals surface area contributed by atoms with Crippen molar-refractivity contribution in [2.24, 2.45) is 0 Å². The third-order valence-corrected chi connectivity index (χ3v) is 3.98. The lowest BCUT2D eigenvalue weighted by molar-refractivity contribution is 0.423. The number of aromatic hydroxyl groups is 1. The number of sulfonamides is 1. The lowest BCUT2D eigenvalue weighted by atomic mass is 10.2. The second-order valence-corrected chi connectivity index (χ2v) is 5.72. The quantitative estimate of drug-likeness (QED) is 0.761. The largest absolute Gasteiger partial charge is 0.506 e. The number of hydrogen-bond donors (Lipinski definition) is 2. The number of anilines is 1. The lowest BCUT2D eigenvalue weighted by Gasteiger charge is -2.06. The van der Waals surface area contributed by atoms with Gasteiger partial charge in [-0.1, -0.05) is 11.2 Å². The molecule has 3 rings (SSSR count). The smallest absolute Gasteiger partial charge is 0.263 e. The zero-order chi connectivity index (χ0) is 14.2. The topological polar surface area (TPSA) is 105 Å². The highest BCUT2D eigenvalue weighted by Gasteiger charge is 2.16. The Morgan fingerprint density at radius 1 is 1.20 bits per heavy atom. The summed E-state index contributed by atoms with van der Waals surface area (Å²) in [5, 5.41) is 13.4. The van der Waals surface area contributed by atoms with E-state index in [0.29, 0.717) is 10.9 Å². The summed E-state index contributed by atoms with van der Waals surface area (Å²) in [5.41, 5.74) is 0.464. The highest BCUT2D eigenvalue weighted by molar-refractivity contribution is 7.92. The van der Waals surface area contributed by atoms with Crippen LogP contribution in [0.1, 0.15) is 0 Å². The molecule has 0 saturated carbocycles. The number of hydrogen-bond acceptors (Lipinski definition) is 6. The second-order valence-electron chi connectivity index (χ2n) is 4.04. The molecule has 0 aliphatic rings. The van der Waals surface area contributed by atoms with Crippen LogP contribution in [0.3, 0.4) is 0 Å². The molecular weight excluding hydrogens is 282 g/mol. The van der Waals surface area contributed by atoms with Gasteiger partial charge in [-0.15, -0.1) is 0 Å². The number of pyridine rings is 1. The molecule has 20 heavy (non-hydrogen) atoms. The Morgan fingerprint density at radius 2 is 2.05 bits per heavy atom. The van der Waals surface area contributed by atoms with Crippen LogP contribution in [-0.2, 0) is 10.0 Å². The monoisotopic (exact) mass is 291 g/mol. The number of nitrogens with zero attached hydrogens (tertiary/aromatic N) is 2. The van der Waals surface area contributed by atoms with Gasteiger partial charge in [0.25, 0.3) is 10.0 Å². The van der Waals surface area contributed by atoms with E-state index in [2.05, 4.69) is 19.4 Å². The van der Waals surface area contributed by atoms with Crippen LogP contribution in [0, 0.1) is 0 Å². The van der Waals surface area contributed by atoms with E-state index < -0.39 is 10.0 Å². The molecule has 102 valence electrons. The molecule has 0 saturated heterocycles. The minimum Gasteiger partial charge on any atom is -0.506 e. The summed E-state index contributed by atoms with van der Waals surface area (Å²) in [4.78, 5) is 4.02. The molecule has 0 fully saturated rings. The molecule has 0 amide bonds. The Hall–Kier alpha value is -2.61. The maximum atomic E-state index is 12.1.